The SMILES string of the molecule is CC(=O)OC(C)(C)C(Br)OCc1ccc(/C=C/c2cccc([N+](=O)[O-])c2)cc1. The highest BCUT2D eigenvalue weighted by Crippen LogP contribution is 2.24. The third-order valence-electron chi connectivity index (χ3n) is 3.88. The van der Waals surface area contributed by atoms with E-state index < -0.39 is 15.5 Å². The van der Waals surface area contributed by atoms with Gasteiger partial charge in [-0.05, 0) is 30.5 Å². The number of esters is 1. The van der Waals surface area contributed by atoms with Crippen molar-refractivity contribution in [3.63, 3.8) is 0 Å². The third-order valence-corrected chi connectivity index (χ3v) is 5.25. The molecule has 0 radical (unpaired) electrons. The standard InChI is InChI=1S/C21H22BrNO5/c1-15(24)28-21(2,3)20(22)27-14-18-11-8-16(9-12-18)7-10-17-5-4-6-19(13-17)23(25)26/h4-13,20H,14H2,1-3H3/b10-7+. The lowest BCUT2D eigenvalue weighted by Gasteiger charge is -2.29. The Kier molecular flexibility index (Phi) is 7.48. The number of benzene rings is 2. The summed E-state index contributed by atoms with van der Waals surface area (Å²) < 4.78 is 11.0. The Morgan fingerprint density at radius 3 is 2.43 bits per heavy atom. The molecule has 148 valence electrons. The first-order valence-electron chi connectivity index (χ1n) is 8.64. The van der Waals surface area contributed by atoms with Gasteiger partial charge in [0.2, 0.25) is 0 Å². The first-order chi connectivity index (χ1) is 13.2. The molecule has 0 aromatic heterocycles. The minimum Gasteiger partial charge on any atom is -0.456 e. The van der Waals surface area contributed by atoms with E-state index >= 15 is 0 Å². The minimum atomic E-state index is -0.785. The van der Waals surface area contributed by atoms with Gasteiger partial charge in [-0.25, -0.2) is 0 Å². The Hall–Kier alpha value is -2.51. The van der Waals surface area contributed by atoms with E-state index in [1.807, 2.05) is 42.5 Å². The molecule has 2 aromatic carbocycles. The van der Waals surface area contributed by atoms with Crippen LogP contribution in [0.2, 0.25) is 0 Å². The smallest absolute Gasteiger partial charge is 0.303 e. The molecular formula is C21H22BrNO5. The Morgan fingerprint density at radius 1 is 1.18 bits per heavy atom. The van der Waals surface area contributed by atoms with E-state index in [2.05, 4.69) is 15.9 Å². The van der Waals surface area contributed by atoms with Gasteiger partial charge in [-0.1, -0.05) is 64.5 Å². The van der Waals surface area contributed by atoms with Crippen molar-refractivity contribution in [3.8, 4) is 0 Å². The molecule has 2 aromatic rings. The van der Waals surface area contributed by atoms with Gasteiger partial charge in [0.25, 0.3) is 5.69 Å². The topological polar surface area (TPSA) is 78.7 Å². The van der Waals surface area contributed by atoms with Crippen molar-refractivity contribution in [2.24, 2.45) is 0 Å². The normalized spacial score (nSPS) is 12.7. The third kappa shape index (κ3) is 6.58. The number of alkyl halides is 1. The van der Waals surface area contributed by atoms with Crippen molar-refractivity contribution in [1.82, 2.24) is 0 Å². The molecule has 0 saturated carbocycles. The predicted octanol–water partition coefficient (Wildman–Crippen LogP) is 5.34. The van der Waals surface area contributed by atoms with Gasteiger partial charge in [0.05, 0.1) is 11.5 Å². The van der Waals surface area contributed by atoms with Crippen molar-refractivity contribution in [3.05, 3.63) is 75.3 Å². The van der Waals surface area contributed by atoms with Gasteiger partial charge in [-0.3, -0.25) is 14.9 Å². The fraction of sp³-hybridized carbons (Fsp3) is 0.286. The minimum absolute atomic E-state index is 0.0654. The van der Waals surface area contributed by atoms with Crippen LogP contribution >= 0.6 is 15.9 Å². The summed E-state index contributed by atoms with van der Waals surface area (Å²) in [5.74, 6) is -0.363. The summed E-state index contributed by atoms with van der Waals surface area (Å²) in [7, 11) is 0. The van der Waals surface area contributed by atoms with Crippen molar-refractivity contribution < 1.29 is 19.2 Å². The van der Waals surface area contributed by atoms with Gasteiger partial charge in [-0.2, -0.15) is 0 Å². The van der Waals surface area contributed by atoms with Crippen molar-refractivity contribution in [2.75, 3.05) is 0 Å². The van der Waals surface area contributed by atoms with E-state index in [4.69, 9.17) is 9.47 Å². The Morgan fingerprint density at radius 2 is 1.82 bits per heavy atom. The molecule has 0 N–H and O–H groups in total. The van der Waals surface area contributed by atoms with E-state index in [0.717, 1.165) is 16.7 Å². The first kappa shape index (κ1) is 21.8. The van der Waals surface area contributed by atoms with Crippen LogP contribution in [0.25, 0.3) is 12.2 Å². The van der Waals surface area contributed by atoms with E-state index in [1.54, 1.807) is 19.9 Å². The van der Waals surface area contributed by atoms with Gasteiger partial charge in [0, 0.05) is 19.1 Å². The van der Waals surface area contributed by atoms with Crippen LogP contribution in [-0.2, 0) is 20.9 Å². The number of ether oxygens (including phenoxy) is 2. The molecule has 7 heteroatoms. The number of hydrogen-bond donors (Lipinski definition) is 0. The lowest BCUT2D eigenvalue weighted by molar-refractivity contribution is -0.384. The molecule has 0 fully saturated rings. The number of carbonyl (C=O) groups is 1. The van der Waals surface area contributed by atoms with Crippen molar-refractivity contribution in [2.45, 2.75) is 38.0 Å². The average Bonchev–Trinajstić information content (AvgIpc) is 2.64. The van der Waals surface area contributed by atoms with Crippen LogP contribution in [-0.4, -0.2) is 21.5 Å². The van der Waals surface area contributed by atoms with E-state index in [0.29, 0.717) is 6.61 Å². The summed E-state index contributed by atoms with van der Waals surface area (Å²) in [5, 5.41) is 10.4. The van der Waals surface area contributed by atoms with Gasteiger partial charge in [-0.15, -0.1) is 0 Å². The van der Waals surface area contributed by atoms with Crippen molar-refractivity contribution in [1.29, 1.82) is 0 Å². The zero-order valence-corrected chi connectivity index (χ0v) is 17.5. The quantitative estimate of drug-likeness (QED) is 0.179. The van der Waals surface area contributed by atoms with Crippen LogP contribution in [0.4, 0.5) is 5.69 Å². The fourth-order valence-electron chi connectivity index (χ4n) is 2.45. The van der Waals surface area contributed by atoms with Crippen LogP contribution in [0, 0.1) is 10.1 Å². The van der Waals surface area contributed by atoms with Gasteiger partial charge < -0.3 is 9.47 Å². The molecule has 0 bridgehead atoms. The molecular weight excluding hydrogens is 426 g/mol. The number of nitro benzene ring substituents is 1. The lowest BCUT2D eigenvalue weighted by Crippen LogP contribution is -2.38. The molecule has 1 atom stereocenters. The molecule has 0 aliphatic carbocycles. The number of hydrogen-bond acceptors (Lipinski definition) is 5. The number of nitrogens with zero attached hydrogens (tertiary/aromatic N) is 1. The maximum absolute atomic E-state index is 11.2. The van der Waals surface area contributed by atoms with Crippen LogP contribution in [0.15, 0.2) is 48.5 Å². The Labute approximate surface area is 172 Å². The van der Waals surface area contributed by atoms with E-state index in [1.165, 1.54) is 19.1 Å². The van der Waals surface area contributed by atoms with Gasteiger partial charge in [0.1, 0.15) is 5.60 Å². The van der Waals surface area contributed by atoms with E-state index in [9.17, 15) is 14.9 Å². The monoisotopic (exact) mass is 447 g/mol. The van der Waals surface area contributed by atoms with Crippen LogP contribution in [0.1, 0.15) is 37.5 Å². The summed E-state index contributed by atoms with van der Waals surface area (Å²) in [6, 6.07) is 14.2. The highest BCUT2D eigenvalue weighted by atomic mass is 79.9. The predicted molar refractivity (Wildman–Crippen MR) is 112 cm³/mol. The second-order valence-electron chi connectivity index (χ2n) is 6.75. The maximum Gasteiger partial charge on any atom is 0.303 e. The van der Waals surface area contributed by atoms with Crippen LogP contribution in [0.5, 0.6) is 0 Å². The molecule has 1 unspecified atom stereocenters. The fourth-order valence-corrected chi connectivity index (χ4v) is 2.67. The molecule has 2 rings (SSSR count). The summed E-state index contributed by atoms with van der Waals surface area (Å²) >= 11 is 3.41. The number of nitro groups is 1. The summed E-state index contributed by atoms with van der Waals surface area (Å²) in [6.45, 7) is 5.27. The zero-order valence-electron chi connectivity index (χ0n) is 15.9. The molecule has 0 spiro atoms. The van der Waals surface area contributed by atoms with Crippen molar-refractivity contribution >= 4 is 39.7 Å². The largest absolute Gasteiger partial charge is 0.456 e. The molecule has 28 heavy (non-hydrogen) atoms. The lowest BCUT2D eigenvalue weighted by atomic mass is 10.1. The molecule has 0 amide bonds. The van der Waals surface area contributed by atoms with Gasteiger partial charge in [0.15, 0.2) is 5.01 Å². The molecule has 0 aliphatic rings. The maximum atomic E-state index is 11.2. The van der Waals surface area contributed by atoms with E-state index in [-0.39, 0.29) is 11.7 Å². The summed E-state index contributed by atoms with van der Waals surface area (Å²) in [5.41, 5.74) is 1.97. The van der Waals surface area contributed by atoms with Crippen LogP contribution in [0.3, 0.4) is 0 Å². The number of halogens is 1. The second-order valence-corrected chi connectivity index (χ2v) is 7.58. The Balaban J connectivity index is 1.95. The molecule has 0 aliphatic heterocycles. The highest BCUT2D eigenvalue weighted by Gasteiger charge is 2.31. The zero-order chi connectivity index (χ0) is 20.7. The van der Waals surface area contributed by atoms with Crippen LogP contribution < -0.4 is 0 Å². The molecule has 0 heterocycles. The molecule has 0 saturated heterocycles. The average molecular weight is 448 g/mol. The van der Waals surface area contributed by atoms with Gasteiger partial charge >= 0.3 is 5.97 Å². The number of rotatable bonds is 8. The first-order valence-corrected chi connectivity index (χ1v) is 9.56. The summed E-state index contributed by atoms with van der Waals surface area (Å²) in [4.78, 5) is 21.6. The number of non-ortho nitro benzene ring substituents is 1. The number of carbonyl (C=O) groups excluding carboxylic acids is 1. The second kappa shape index (κ2) is 9.61. The summed E-state index contributed by atoms with van der Waals surface area (Å²) in [6.07, 6.45) is 3.72. The Bertz CT molecular complexity index is 861. The molecule has 6 nitrogen and oxygen atoms in total. The highest BCUT2D eigenvalue weighted by molar-refractivity contribution is 9.09.